The van der Waals surface area contributed by atoms with Crippen molar-refractivity contribution < 1.29 is 9.47 Å². The Morgan fingerprint density at radius 3 is 2.67 bits per heavy atom. The van der Waals surface area contributed by atoms with Gasteiger partial charge in [0.05, 0.1) is 13.2 Å². The molecule has 2 fully saturated rings. The van der Waals surface area contributed by atoms with E-state index >= 15 is 0 Å². The van der Waals surface area contributed by atoms with Gasteiger partial charge in [0.1, 0.15) is 0 Å². The first-order valence-electron chi connectivity index (χ1n) is 12.1. The lowest BCUT2D eigenvalue weighted by Gasteiger charge is -2.43. The van der Waals surface area contributed by atoms with Crippen LogP contribution in [0.25, 0.3) is 11.4 Å². The van der Waals surface area contributed by atoms with E-state index in [2.05, 4.69) is 39.8 Å². The second-order valence-corrected chi connectivity index (χ2v) is 9.82. The van der Waals surface area contributed by atoms with Gasteiger partial charge in [-0.15, -0.1) is 0 Å². The Labute approximate surface area is 199 Å². The summed E-state index contributed by atoms with van der Waals surface area (Å²) < 4.78 is 16.0. The molecule has 1 aliphatic carbocycles. The summed E-state index contributed by atoms with van der Waals surface area (Å²) in [7, 11) is 0. The normalized spacial score (nSPS) is 22.3. The van der Waals surface area contributed by atoms with Crippen molar-refractivity contribution in [2.45, 2.75) is 57.8 Å². The van der Waals surface area contributed by atoms with E-state index in [9.17, 15) is 0 Å². The summed E-state index contributed by atoms with van der Waals surface area (Å²) in [5, 5.41) is 5.06. The molecular weight excluding hydrogens is 432 g/mol. The minimum Gasteiger partial charge on any atom is -0.454 e. The quantitative estimate of drug-likeness (QED) is 0.471. The predicted molar refractivity (Wildman–Crippen MR) is 130 cm³/mol. The van der Waals surface area contributed by atoms with Crippen molar-refractivity contribution in [3.63, 3.8) is 0 Å². The number of nitrogens with zero attached hydrogens (tertiary/aromatic N) is 4. The molecular formula is C26H30N4O2S. The van der Waals surface area contributed by atoms with E-state index in [1.54, 1.807) is 0 Å². The maximum atomic E-state index is 6.01. The van der Waals surface area contributed by atoms with Gasteiger partial charge in [-0.2, -0.15) is 5.10 Å². The van der Waals surface area contributed by atoms with Gasteiger partial charge in [-0.1, -0.05) is 49.2 Å². The van der Waals surface area contributed by atoms with E-state index in [4.69, 9.17) is 26.8 Å². The zero-order chi connectivity index (χ0) is 22.2. The zero-order valence-corrected chi connectivity index (χ0v) is 19.7. The Hall–Kier alpha value is -2.64. The fourth-order valence-corrected chi connectivity index (χ4v) is 6.02. The first-order valence-corrected chi connectivity index (χ1v) is 12.5. The van der Waals surface area contributed by atoms with Gasteiger partial charge >= 0.3 is 0 Å². The zero-order valence-electron chi connectivity index (χ0n) is 18.9. The molecule has 0 bridgehead atoms. The van der Waals surface area contributed by atoms with Crippen LogP contribution in [0.1, 0.15) is 44.1 Å². The van der Waals surface area contributed by atoms with Crippen molar-refractivity contribution in [1.29, 1.82) is 0 Å². The SMILES string of the molecule is S=c1n(CN2CCC[C@H]3CCCC[C@H]32)nc(-c2ccccc2)n1Cc1ccc2c(c1)OCO2. The third-order valence-corrected chi connectivity index (χ3v) is 7.84. The van der Waals surface area contributed by atoms with Crippen LogP contribution in [0.15, 0.2) is 48.5 Å². The molecule has 6 rings (SSSR count). The lowest BCUT2D eigenvalue weighted by Crippen LogP contribution is -2.47. The minimum atomic E-state index is 0.281. The number of rotatable bonds is 5. The van der Waals surface area contributed by atoms with E-state index in [0.717, 1.165) is 52.4 Å². The van der Waals surface area contributed by atoms with E-state index < -0.39 is 0 Å². The average Bonchev–Trinajstić information content (AvgIpc) is 3.45. The standard InChI is InChI=1S/C26H30N4O2S/c33-26-29(16-19-12-13-23-24(15-19)32-18-31-23)25(21-8-2-1-3-9-21)27-30(26)17-28-14-6-10-20-7-4-5-11-22(20)28/h1-3,8-9,12-13,15,20,22H,4-7,10-11,14,16-18H2/t20-,22-/m1/s1. The third-order valence-electron chi connectivity index (χ3n) is 7.41. The number of benzene rings is 2. The largest absolute Gasteiger partial charge is 0.454 e. The van der Waals surface area contributed by atoms with Gasteiger partial charge in [0.25, 0.3) is 0 Å². The van der Waals surface area contributed by atoms with Gasteiger partial charge in [0, 0.05) is 18.2 Å². The summed E-state index contributed by atoms with van der Waals surface area (Å²) in [5.41, 5.74) is 2.20. The highest BCUT2D eigenvalue weighted by Crippen LogP contribution is 2.36. The molecule has 2 aliphatic heterocycles. The van der Waals surface area contributed by atoms with Crippen molar-refractivity contribution in [1.82, 2.24) is 19.2 Å². The fraction of sp³-hybridized carbons (Fsp3) is 0.462. The number of fused-ring (bicyclic) bond motifs is 2. The Morgan fingerprint density at radius 2 is 1.76 bits per heavy atom. The summed E-state index contributed by atoms with van der Waals surface area (Å²) in [5.74, 6) is 3.35. The van der Waals surface area contributed by atoms with Crippen molar-refractivity contribution in [2.24, 2.45) is 5.92 Å². The van der Waals surface area contributed by atoms with Crippen LogP contribution in [0, 0.1) is 10.7 Å². The Balaban J connectivity index is 1.34. The summed E-state index contributed by atoms with van der Waals surface area (Å²) in [6.07, 6.45) is 8.06. The fourth-order valence-electron chi connectivity index (χ4n) is 5.77. The summed E-state index contributed by atoms with van der Waals surface area (Å²) in [6.45, 7) is 2.84. The summed E-state index contributed by atoms with van der Waals surface area (Å²) in [6, 6.07) is 17.1. The molecule has 2 atom stereocenters. The first-order chi connectivity index (χ1) is 16.3. The molecule has 3 heterocycles. The topological polar surface area (TPSA) is 44.5 Å². The van der Waals surface area contributed by atoms with Gasteiger partial charge in [-0.25, -0.2) is 4.68 Å². The molecule has 33 heavy (non-hydrogen) atoms. The average molecular weight is 463 g/mol. The van der Waals surface area contributed by atoms with Gasteiger partial charge in [0.2, 0.25) is 6.79 Å². The first kappa shape index (κ1) is 20.9. The van der Waals surface area contributed by atoms with Gasteiger partial charge in [0.15, 0.2) is 22.1 Å². The molecule has 3 aromatic rings. The van der Waals surface area contributed by atoms with Crippen molar-refractivity contribution >= 4 is 12.2 Å². The number of aromatic nitrogens is 3. The highest BCUT2D eigenvalue weighted by Gasteiger charge is 2.33. The molecule has 7 heteroatoms. The van der Waals surface area contributed by atoms with E-state index in [-0.39, 0.29) is 6.79 Å². The molecule has 3 aliphatic rings. The molecule has 0 spiro atoms. The lowest BCUT2D eigenvalue weighted by atomic mass is 9.78. The molecule has 1 saturated carbocycles. The van der Waals surface area contributed by atoms with Gasteiger partial charge < -0.3 is 9.47 Å². The van der Waals surface area contributed by atoms with Crippen molar-refractivity contribution in [3.05, 3.63) is 58.9 Å². The van der Waals surface area contributed by atoms with Crippen LogP contribution in [0.2, 0.25) is 0 Å². The van der Waals surface area contributed by atoms with Gasteiger partial charge in [-0.05, 0) is 61.5 Å². The summed E-state index contributed by atoms with van der Waals surface area (Å²) in [4.78, 5) is 2.63. The Morgan fingerprint density at radius 1 is 0.939 bits per heavy atom. The number of likely N-dealkylation sites (tertiary alicyclic amines) is 1. The number of hydrogen-bond acceptors (Lipinski definition) is 5. The molecule has 0 radical (unpaired) electrons. The van der Waals surface area contributed by atoms with Crippen LogP contribution in [0.4, 0.5) is 0 Å². The number of hydrogen-bond donors (Lipinski definition) is 0. The van der Waals surface area contributed by atoms with E-state index in [1.165, 1.54) is 38.5 Å². The smallest absolute Gasteiger partial charge is 0.231 e. The van der Waals surface area contributed by atoms with Gasteiger partial charge in [-0.3, -0.25) is 9.47 Å². The summed E-state index contributed by atoms with van der Waals surface area (Å²) >= 11 is 6.01. The monoisotopic (exact) mass is 462 g/mol. The van der Waals surface area contributed by atoms with Crippen LogP contribution < -0.4 is 9.47 Å². The number of ether oxygens (including phenoxy) is 2. The highest BCUT2D eigenvalue weighted by molar-refractivity contribution is 7.71. The number of piperidine rings is 1. The van der Waals surface area contributed by atoms with Crippen LogP contribution in [-0.2, 0) is 13.2 Å². The lowest BCUT2D eigenvalue weighted by molar-refractivity contribution is 0.0323. The molecule has 1 aromatic heterocycles. The van der Waals surface area contributed by atoms with Crippen LogP contribution in [0.3, 0.4) is 0 Å². The van der Waals surface area contributed by atoms with Crippen molar-refractivity contribution in [3.8, 4) is 22.9 Å². The predicted octanol–water partition coefficient (Wildman–Crippen LogP) is 5.47. The molecule has 0 unspecified atom stereocenters. The molecule has 0 N–H and O–H groups in total. The maximum absolute atomic E-state index is 6.01. The van der Waals surface area contributed by atoms with E-state index in [1.807, 2.05) is 22.9 Å². The molecule has 2 aromatic carbocycles. The molecule has 172 valence electrons. The van der Waals surface area contributed by atoms with Crippen molar-refractivity contribution in [2.75, 3.05) is 13.3 Å². The molecule has 0 amide bonds. The second kappa shape index (κ2) is 8.95. The van der Waals surface area contributed by atoms with Crippen LogP contribution in [-0.4, -0.2) is 38.6 Å². The highest BCUT2D eigenvalue weighted by atomic mass is 32.1. The van der Waals surface area contributed by atoms with Crippen LogP contribution >= 0.6 is 12.2 Å². The Kier molecular flexibility index (Phi) is 5.68. The minimum absolute atomic E-state index is 0.281. The Bertz CT molecular complexity index is 1190. The molecule has 6 nitrogen and oxygen atoms in total. The molecule has 1 saturated heterocycles. The second-order valence-electron chi connectivity index (χ2n) is 9.45. The third kappa shape index (κ3) is 4.08. The van der Waals surface area contributed by atoms with Crippen LogP contribution in [0.5, 0.6) is 11.5 Å². The van der Waals surface area contributed by atoms with E-state index in [0.29, 0.717) is 12.6 Å². The maximum Gasteiger partial charge on any atom is 0.231 e.